The van der Waals surface area contributed by atoms with Crippen molar-refractivity contribution in [2.45, 2.75) is 13.8 Å². The molecule has 0 amide bonds. The average Bonchev–Trinajstić information content (AvgIpc) is 2.12. The van der Waals surface area contributed by atoms with Crippen LogP contribution in [0.2, 0.25) is 5.02 Å². The van der Waals surface area contributed by atoms with Crippen LogP contribution in [-0.2, 0) is 4.79 Å². The first kappa shape index (κ1) is 11.9. The number of benzene rings is 1. The number of rotatable bonds is 3. The van der Waals surface area contributed by atoms with E-state index in [1.54, 1.807) is 12.1 Å². The normalized spacial score (nSPS) is 11.9. The van der Waals surface area contributed by atoms with Gasteiger partial charge >= 0.3 is 0 Å². The molecule has 0 aromatic heterocycles. The topological polar surface area (TPSA) is 17.1 Å². The predicted octanol–water partition coefficient (Wildman–Crippen LogP) is 3.72. The van der Waals surface area contributed by atoms with E-state index < -0.39 is 5.82 Å². The number of hydrogen-bond acceptors (Lipinski definition) is 1. The summed E-state index contributed by atoms with van der Waals surface area (Å²) in [5, 5.41) is 0.329. The number of aldehydes is 1. The summed E-state index contributed by atoms with van der Waals surface area (Å²) in [6, 6.07) is 4.20. The van der Waals surface area contributed by atoms with Gasteiger partial charge in [0.1, 0.15) is 12.1 Å². The van der Waals surface area contributed by atoms with E-state index in [9.17, 15) is 9.18 Å². The van der Waals surface area contributed by atoms with Crippen molar-refractivity contribution >= 4 is 24.0 Å². The number of allylic oxidation sites excluding steroid dienone is 1. The molecule has 0 heterocycles. The maximum Gasteiger partial charge on any atom is 0.146 e. The molecule has 0 radical (unpaired) electrons. The molecule has 0 saturated heterocycles. The summed E-state index contributed by atoms with van der Waals surface area (Å²) < 4.78 is 13.0. The second kappa shape index (κ2) is 5.08. The van der Waals surface area contributed by atoms with Crippen LogP contribution in [0.3, 0.4) is 0 Å². The third kappa shape index (κ3) is 3.48. The van der Waals surface area contributed by atoms with Crippen molar-refractivity contribution < 1.29 is 9.18 Å². The van der Waals surface area contributed by atoms with Crippen LogP contribution in [0.1, 0.15) is 19.4 Å². The molecule has 0 spiro atoms. The molecule has 0 unspecified atom stereocenters. The Hall–Kier alpha value is -1.15. The summed E-state index contributed by atoms with van der Waals surface area (Å²) in [6.07, 6.45) is 2.43. The summed E-state index contributed by atoms with van der Waals surface area (Å²) in [5.74, 6) is -0.285. The van der Waals surface area contributed by atoms with Gasteiger partial charge in [0.25, 0.3) is 0 Å². The van der Waals surface area contributed by atoms with Crippen molar-refractivity contribution in [1.29, 1.82) is 0 Å². The summed E-state index contributed by atoms with van der Waals surface area (Å²) in [7, 11) is 0. The Balaban J connectivity index is 3.11. The zero-order valence-corrected chi connectivity index (χ0v) is 9.38. The summed E-state index contributed by atoms with van der Waals surface area (Å²) in [6.45, 7) is 3.81. The number of carbonyl (C=O) groups is 1. The Kier molecular flexibility index (Phi) is 4.04. The Morgan fingerprint density at radius 1 is 1.40 bits per heavy atom. The average molecular weight is 227 g/mol. The van der Waals surface area contributed by atoms with Crippen LogP contribution in [0.25, 0.3) is 6.08 Å². The van der Waals surface area contributed by atoms with E-state index in [2.05, 4.69) is 0 Å². The third-order valence-electron chi connectivity index (χ3n) is 2.02. The van der Waals surface area contributed by atoms with Crippen LogP contribution in [-0.4, -0.2) is 6.29 Å². The Morgan fingerprint density at radius 3 is 2.53 bits per heavy atom. The molecule has 0 atom stereocenters. The van der Waals surface area contributed by atoms with E-state index in [-0.39, 0.29) is 5.92 Å². The van der Waals surface area contributed by atoms with Crippen LogP contribution in [0.4, 0.5) is 4.39 Å². The molecule has 1 aromatic rings. The van der Waals surface area contributed by atoms with Crippen molar-refractivity contribution in [3.05, 3.63) is 40.2 Å². The van der Waals surface area contributed by atoms with Gasteiger partial charge in [-0.25, -0.2) is 4.39 Å². The number of carbonyl (C=O) groups excluding carboxylic acids is 1. The molecule has 0 N–H and O–H groups in total. The molecule has 0 bridgehead atoms. The fraction of sp³-hybridized carbons (Fsp3) is 0.250. The van der Waals surface area contributed by atoms with Gasteiger partial charge in [0.05, 0.1) is 0 Å². The first-order valence-electron chi connectivity index (χ1n) is 4.66. The lowest BCUT2D eigenvalue weighted by atomic mass is 10.0. The van der Waals surface area contributed by atoms with Gasteiger partial charge < -0.3 is 0 Å². The predicted molar refractivity (Wildman–Crippen MR) is 60.3 cm³/mol. The summed E-state index contributed by atoms with van der Waals surface area (Å²) >= 11 is 5.70. The van der Waals surface area contributed by atoms with E-state index in [1.165, 1.54) is 12.1 Å². The first-order valence-corrected chi connectivity index (χ1v) is 5.03. The van der Waals surface area contributed by atoms with Gasteiger partial charge in [-0.3, -0.25) is 4.79 Å². The first-order chi connectivity index (χ1) is 7.02. The molecular formula is C12H12ClFO. The monoisotopic (exact) mass is 226 g/mol. The van der Waals surface area contributed by atoms with Crippen LogP contribution in [0, 0.1) is 11.7 Å². The maximum absolute atomic E-state index is 13.0. The number of hydrogen-bond donors (Lipinski definition) is 0. The van der Waals surface area contributed by atoms with E-state index in [0.29, 0.717) is 16.2 Å². The molecule has 15 heavy (non-hydrogen) atoms. The Bertz CT molecular complexity index is 376. The highest BCUT2D eigenvalue weighted by Crippen LogP contribution is 2.18. The van der Waals surface area contributed by atoms with Crippen molar-refractivity contribution in [3.63, 3.8) is 0 Å². The maximum atomic E-state index is 13.0. The second-order valence-corrected chi connectivity index (χ2v) is 4.06. The SMILES string of the molecule is CC(C)/C(C=O)=C/c1cc(F)cc(Cl)c1. The lowest BCUT2D eigenvalue weighted by Crippen LogP contribution is -1.94. The van der Waals surface area contributed by atoms with Gasteiger partial charge in [-0.1, -0.05) is 25.4 Å². The molecule has 0 aliphatic rings. The van der Waals surface area contributed by atoms with Gasteiger partial charge in [-0.15, -0.1) is 0 Å². The van der Waals surface area contributed by atoms with Crippen LogP contribution < -0.4 is 0 Å². The van der Waals surface area contributed by atoms with Crippen molar-refractivity contribution in [3.8, 4) is 0 Å². The molecular weight excluding hydrogens is 215 g/mol. The van der Waals surface area contributed by atoms with E-state index in [4.69, 9.17) is 11.6 Å². The fourth-order valence-corrected chi connectivity index (χ4v) is 1.42. The van der Waals surface area contributed by atoms with Crippen LogP contribution in [0.5, 0.6) is 0 Å². The minimum absolute atomic E-state index is 0.115. The van der Waals surface area contributed by atoms with E-state index in [1.807, 2.05) is 13.8 Å². The van der Waals surface area contributed by atoms with Gasteiger partial charge in [0, 0.05) is 5.02 Å². The van der Waals surface area contributed by atoms with Crippen LogP contribution >= 0.6 is 11.6 Å². The van der Waals surface area contributed by atoms with Gasteiger partial charge in [-0.2, -0.15) is 0 Å². The molecule has 1 nitrogen and oxygen atoms in total. The largest absolute Gasteiger partial charge is 0.298 e. The number of halogens is 2. The minimum atomic E-state index is -0.400. The lowest BCUT2D eigenvalue weighted by Gasteiger charge is -2.04. The lowest BCUT2D eigenvalue weighted by molar-refractivity contribution is -0.105. The zero-order valence-electron chi connectivity index (χ0n) is 8.63. The van der Waals surface area contributed by atoms with Gasteiger partial charge in [0.15, 0.2) is 0 Å². The standard InChI is InChI=1S/C12H12ClFO/c1-8(2)10(7-15)3-9-4-11(13)6-12(14)5-9/h3-8H,1-2H3/b10-3+. The van der Waals surface area contributed by atoms with Crippen molar-refractivity contribution in [2.24, 2.45) is 5.92 Å². The molecule has 1 rings (SSSR count). The third-order valence-corrected chi connectivity index (χ3v) is 2.24. The van der Waals surface area contributed by atoms with Gasteiger partial charge in [-0.05, 0) is 41.3 Å². The molecule has 0 saturated carbocycles. The van der Waals surface area contributed by atoms with Gasteiger partial charge in [0.2, 0.25) is 0 Å². The summed E-state index contributed by atoms with van der Waals surface area (Å²) in [5.41, 5.74) is 1.23. The zero-order chi connectivity index (χ0) is 11.4. The molecule has 0 aliphatic heterocycles. The van der Waals surface area contributed by atoms with Crippen LogP contribution in [0.15, 0.2) is 23.8 Å². The molecule has 0 aliphatic carbocycles. The molecule has 1 aromatic carbocycles. The Morgan fingerprint density at radius 2 is 2.07 bits per heavy atom. The second-order valence-electron chi connectivity index (χ2n) is 3.62. The highest BCUT2D eigenvalue weighted by atomic mass is 35.5. The molecule has 80 valence electrons. The van der Waals surface area contributed by atoms with E-state index in [0.717, 1.165) is 6.29 Å². The Labute approximate surface area is 93.6 Å². The smallest absolute Gasteiger partial charge is 0.146 e. The van der Waals surface area contributed by atoms with Crippen molar-refractivity contribution in [1.82, 2.24) is 0 Å². The molecule has 0 fully saturated rings. The summed E-state index contributed by atoms with van der Waals surface area (Å²) in [4.78, 5) is 10.7. The minimum Gasteiger partial charge on any atom is -0.298 e. The highest BCUT2D eigenvalue weighted by molar-refractivity contribution is 6.30. The quantitative estimate of drug-likeness (QED) is 0.567. The fourth-order valence-electron chi connectivity index (χ4n) is 1.19. The van der Waals surface area contributed by atoms with E-state index >= 15 is 0 Å². The highest BCUT2D eigenvalue weighted by Gasteiger charge is 2.03. The molecule has 3 heteroatoms. The van der Waals surface area contributed by atoms with Crippen molar-refractivity contribution in [2.75, 3.05) is 0 Å².